The van der Waals surface area contributed by atoms with Gasteiger partial charge in [-0.3, -0.25) is 4.79 Å². The van der Waals surface area contributed by atoms with Crippen LogP contribution in [0.2, 0.25) is 0 Å². The van der Waals surface area contributed by atoms with Gasteiger partial charge in [0.15, 0.2) is 0 Å². The normalized spacial score (nSPS) is 9.40. The molecule has 0 aliphatic carbocycles. The molecule has 0 fully saturated rings. The lowest BCUT2D eigenvalue weighted by molar-refractivity contribution is 0.0953. The largest absolute Gasteiger partial charge is 0.351 e. The van der Waals surface area contributed by atoms with Gasteiger partial charge in [0.2, 0.25) is 0 Å². The molecule has 0 atom stereocenters. The average molecular weight is 219 g/mol. The van der Waals surface area contributed by atoms with Gasteiger partial charge in [0.05, 0.1) is 0 Å². The molecule has 1 rings (SSSR count). The Kier molecular flexibility index (Phi) is 4.26. The molecule has 0 saturated heterocycles. The molecular weight excluding hydrogens is 206 g/mol. The molecule has 0 aliphatic heterocycles. The Labute approximate surface area is 95.5 Å². The Morgan fingerprint density at radius 2 is 2.33 bits per heavy atom. The predicted octanol–water partition coefficient (Wildman–Crippen LogP) is 2.04. The third-order valence-corrected chi connectivity index (χ3v) is 2.30. The summed E-state index contributed by atoms with van der Waals surface area (Å²) in [6, 6.07) is 5.48. The summed E-state index contributed by atoms with van der Waals surface area (Å²) in [5.74, 6) is 2.37. The molecule has 1 N–H and O–H groups in total. The molecule has 0 spiro atoms. The summed E-state index contributed by atoms with van der Waals surface area (Å²) in [6.45, 7) is 2.40. The van der Waals surface area contributed by atoms with Crippen LogP contribution in [0, 0.1) is 19.3 Å². The van der Waals surface area contributed by atoms with E-state index in [0.717, 1.165) is 10.5 Å². The molecule has 1 amide bonds. The Morgan fingerprint density at radius 1 is 1.60 bits per heavy atom. The fraction of sp³-hybridized carbons (Fsp3) is 0.250. The van der Waals surface area contributed by atoms with E-state index in [4.69, 9.17) is 6.42 Å². The van der Waals surface area contributed by atoms with Crippen LogP contribution in [-0.2, 0) is 0 Å². The van der Waals surface area contributed by atoms with E-state index in [1.54, 1.807) is 6.07 Å². The highest BCUT2D eigenvalue weighted by Crippen LogP contribution is 2.13. The summed E-state index contributed by atoms with van der Waals surface area (Å²) >= 11 is 4.19. The van der Waals surface area contributed by atoms with Crippen LogP contribution >= 0.6 is 12.6 Å². The number of benzene rings is 1. The van der Waals surface area contributed by atoms with Gasteiger partial charge in [0.1, 0.15) is 0 Å². The van der Waals surface area contributed by atoms with Crippen molar-refractivity contribution in [1.29, 1.82) is 0 Å². The zero-order chi connectivity index (χ0) is 11.3. The molecule has 3 heteroatoms. The van der Waals surface area contributed by atoms with Crippen LogP contribution in [0.3, 0.4) is 0 Å². The highest BCUT2D eigenvalue weighted by atomic mass is 32.1. The van der Waals surface area contributed by atoms with Crippen molar-refractivity contribution in [2.24, 2.45) is 0 Å². The topological polar surface area (TPSA) is 29.1 Å². The molecular formula is C12H13NOS. The van der Waals surface area contributed by atoms with Crippen molar-refractivity contribution in [1.82, 2.24) is 5.32 Å². The first-order valence-electron chi connectivity index (χ1n) is 4.66. The van der Waals surface area contributed by atoms with Gasteiger partial charge < -0.3 is 5.32 Å². The van der Waals surface area contributed by atoms with E-state index in [0.29, 0.717) is 18.5 Å². The Morgan fingerprint density at radius 3 is 3.00 bits per heavy atom. The number of aryl methyl sites for hydroxylation is 1. The lowest BCUT2D eigenvalue weighted by Gasteiger charge is -2.06. The smallest absolute Gasteiger partial charge is 0.251 e. The zero-order valence-corrected chi connectivity index (χ0v) is 9.47. The van der Waals surface area contributed by atoms with E-state index in [1.165, 1.54) is 0 Å². The lowest BCUT2D eigenvalue weighted by atomic mass is 10.1. The first-order valence-corrected chi connectivity index (χ1v) is 5.11. The molecule has 0 bridgehead atoms. The van der Waals surface area contributed by atoms with Crippen LogP contribution < -0.4 is 5.32 Å². The molecule has 1 aromatic rings. The molecule has 0 aliphatic rings. The van der Waals surface area contributed by atoms with Gasteiger partial charge in [0, 0.05) is 23.4 Å². The van der Waals surface area contributed by atoms with E-state index in [-0.39, 0.29) is 5.91 Å². The number of thiol groups is 1. The maximum absolute atomic E-state index is 11.7. The summed E-state index contributed by atoms with van der Waals surface area (Å²) in [5, 5.41) is 2.75. The minimum absolute atomic E-state index is 0.0985. The Balaban J connectivity index is 2.73. The minimum Gasteiger partial charge on any atom is -0.351 e. The number of amides is 1. The second-order valence-corrected chi connectivity index (χ2v) is 3.73. The molecule has 0 saturated carbocycles. The highest BCUT2D eigenvalue weighted by Gasteiger charge is 2.07. The second kappa shape index (κ2) is 5.47. The highest BCUT2D eigenvalue weighted by molar-refractivity contribution is 7.80. The van der Waals surface area contributed by atoms with Crippen molar-refractivity contribution in [3.05, 3.63) is 29.3 Å². The molecule has 78 valence electrons. The monoisotopic (exact) mass is 219 g/mol. The quantitative estimate of drug-likeness (QED) is 0.454. The summed E-state index contributed by atoms with van der Waals surface area (Å²) in [7, 11) is 0. The zero-order valence-electron chi connectivity index (χ0n) is 8.58. The third kappa shape index (κ3) is 3.34. The van der Waals surface area contributed by atoms with E-state index in [2.05, 4.69) is 23.9 Å². The van der Waals surface area contributed by atoms with Crippen molar-refractivity contribution in [2.75, 3.05) is 6.54 Å². The van der Waals surface area contributed by atoms with Gasteiger partial charge >= 0.3 is 0 Å². The number of carbonyl (C=O) groups is 1. The van der Waals surface area contributed by atoms with E-state index in [9.17, 15) is 4.79 Å². The summed E-state index contributed by atoms with van der Waals surface area (Å²) in [5.41, 5.74) is 1.59. The van der Waals surface area contributed by atoms with Crippen LogP contribution in [0.25, 0.3) is 0 Å². The fourth-order valence-electron chi connectivity index (χ4n) is 1.20. The van der Waals surface area contributed by atoms with E-state index in [1.807, 2.05) is 19.1 Å². The molecule has 0 aromatic heterocycles. The number of hydrogen-bond donors (Lipinski definition) is 2. The van der Waals surface area contributed by atoms with Gasteiger partial charge in [-0.2, -0.15) is 0 Å². The van der Waals surface area contributed by atoms with Crippen LogP contribution in [0.4, 0.5) is 0 Å². The number of hydrogen-bond acceptors (Lipinski definition) is 2. The molecule has 2 nitrogen and oxygen atoms in total. The summed E-state index contributed by atoms with van der Waals surface area (Å²) in [4.78, 5) is 12.5. The number of rotatable bonds is 3. The summed E-state index contributed by atoms with van der Waals surface area (Å²) < 4.78 is 0. The first kappa shape index (κ1) is 11.7. The van der Waals surface area contributed by atoms with Gasteiger partial charge in [-0.25, -0.2) is 0 Å². The van der Waals surface area contributed by atoms with Crippen molar-refractivity contribution in [3.8, 4) is 12.3 Å². The van der Waals surface area contributed by atoms with Gasteiger partial charge in [-0.1, -0.05) is 6.07 Å². The van der Waals surface area contributed by atoms with Crippen LogP contribution in [0.1, 0.15) is 22.3 Å². The summed E-state index contributed by atoms with van der Waals surface area (Å²) in [6.07, 6.45) is 5.64. The van der Waals surface area contributed by atoms with Crippen LogP contribution in [-0.4, -0.2) is 12.5 Å². The first-order chi connectivity index (χ1) is 7.15. The third-order valence-electron chi connectivity index (χ3n) is 2.02. The van der Waals surface area contributed by atoms with Gasteiger partial charge in [-0.15, -0.1) is 25.0 Å². The van der Waals surface area contributed by atoms with E-state index >= 15 is 0 Å². The molecule has 0 unspecified atom stereocenters. The van der Waals surface area contributed by atoms with Gasteiger partial charge in [0.25, 0.3) is 5.91 Å². The van der Waals surface area contributed by atoms with Crippen molar-refractivity contribution >= 4 is 18.5 Å². The maximum Gasteiger partial charge on any atom is 0.251 e. The molecule has 0 heterocycles. The van der Waals surface area contributed by atoms with Gasteiger partial charge in [-0.05, 0) is 24.6 Å². The molecule has 0 radical (unpaired) electrons. The molecule has 1 aromatic carbocycles. The predicted molar refractivity (Wildman–Crippen MR) is 64.2 cm³/mol. The minimum atomic E-state index is -0.0985. The SMILES string of the molecule is C#CCCNC(=O)c1cc(S)ccc1C. The van der Waals surface area contributed by atoms with Crippen molar-refractivity contribution < 1.29 is 4.79 Å². The Bertz CT molecular complexity index is 407. The number of terminal acetylenes is 1. The second-order valence-electron chi connectivity index (χ2n) is 3.21. The number of nitrogens with one attached hydrogen (secondary N) is 1. The van der Waals surface area contributed by atoms with Crippen LogP contribution in [0.5, 0.6) is 0 Å². The number of carbonyl (C=O) groups excluding carboxylic acids is 1. The standard InChI is InChI=1S/C12H13NOS/c1-3-4-7-13-12(14)11-8-10(15)6-5-9(11)2/h1,5-6,8,15H,4,7H2,2H3,(H,13,14). The van der Waals surface area contributed by atoms with Crippen molar-refractivity contribution in [2.45, 2.75) is 18.2 Å². The van der Waals surface area contributed by atoms with Crippen molar-refractivity contribution in [3.63, 3.8) is 0 Å². The molecule has 15 heavy (non-hydrogen) atoms. The maximum atomic E-state index is 11.7. The lowest BCUT2D eigenvalue weighted by Crippen LogP contribution is -2.24. The average Bonchev–Trinajstić information content (AvgIpc) is 2.22. The van der Waals surface area contributed by atoms with E-state index < -0.39 is 0 Å². The van der Waals surface area contributed by atoms with Crippen LogP contribution in [0.15, 0.2) is 23.1 Å². The fourth-order valence-corrected chi connectivity index (χ4v) is 1.40. The Hall–Kier alpha value is -1.40.